The molecule has 0 saturated carbocycles. The third-order valence-corrected chi connectivity index (χ3v) is 4.06. The summed E-state index contributed by atoms with van der Waals surface area (Å²) < 4.78 is 31.9. The minimum atomic E-state index is -2.94. The maximum Gasteiger partial charge on any atom is 0.328 e. The molecule has 0 aliphatic carbocycles. The average Bonchev–Trinajstić information content (AvgIpc) is 3.02. The molecular formula is C19H19F2N3O2. The van der Waals surface area contributed by atoms with Gasteiger partial charge in [-0.3, -0.25) is 0 Å². The molecule has 0 aliphatic heterocycles. The fourth-order valence-corrected chi connectivity index (χ4v) is 2.73. The molecule has 5 nitrogen and oxygen atoms in total. The Hall–Kier alpha value is -2.96. The number of ether oxygens (including phenoxy) is 1. The van der Waals surface area contributed by atoms with Crippen molar-refractivity contribution in [2.24, 2.45) is 0 Å². The van der Waals surface area contributed by atoms with Crippen LogP contribution in [0.2, 0.25) is 0 Å². The van der Waals surface area contributed by atoms with Crippen LogP contribution >= 0.6 is 0 Å². The number of benzene rings is 2. The van der Waals surface area contributed by atoms with E-state index in [-0.39, 0.29) is 12.0 Å². The molecule has 3 aromatic rings. The summed E-state index contributed by atoms with van der Waals surface area (Å²) in [6.07, 6.45) is 0.188. The highest BCUT2D eigenvalue weighted by Gasteiger charge is 2.26. The van der Waals surface area contributed by atoms with Gasteiger partial charge in [0.1, 0.15) is 6.04 Å². The zero-order chi connectivity index (χ0) is 18.7. The van der Waals surface area contributed by atoms with Gasteiger partial charge in [0.05, 0.1) is 18.1 Å². The Morgan fingerprint density at radius 3 is 2.73 bits per heavy atom. The van der Waals surface area contributed by atoms with E-state index in [4.69, 9.17) is 4.74 Å². The highest BCUT2D eigenvalue weighted by atomic mass is 19.3. The van der Waals surface area contributed by atoms with Gasteiger partial charge in [-0.25, -0.2) is 18.6 Å². The van der Waals surface area contributed by atoms with Gasteiger partial charge in [0, 0.05) is 18.9 Å². The molecule has 0 fully saturated rings. The lowest BCUT2D eigenvalue weighted by atomic mass is 10.0. The van der Waals surface area contributed by atoms with E-state index in [2.05, 4.69) is 15.3 Å². The molecule has 0 bridgehead atoms. The second kappa shape index (κ2) is 7.11. The Morgan fingerprint density at radius 1 is 1.27 bits per heavy atom. The van der Waals surface area contributed by atoms with Crippen molar-refractivity contribution in [1.82, 2.24) is 9.97 Å². The van der Waals surface area contributed by atoms with Gasteiger partial charge in [-0.15, -0.1) is 0 Å². The van der Waals surface area contributed by atoms with Gasteiger partial charge in [-0.05, 0) is 23.8 Å². The van der Waals surface area contributed by atoms with Crippen LogP contribution in [0.1, 0.15) is 18.1 Å². The predicted octanol–water partition coefficient (Wildman–Crippen LogP) is 3.87. The van der Waals surface area contributed by atoms with Crippen LogP contribution in [-0.4, -0.2) is 29.1 Å². The number of carbonyl (C=O) groups excluding carboxylic acids is 1. The molecule has 1 atom stereocenters. The van der Waals surface area contributed by atoms with Crippen LogP contribution in [0.4, 0.5) is 14.7 Å². The van der Waals surface area contributed by atoms with Crippen LogP contribution in [0, 0.1) is 0 Å². The topological polar surface area (TPSA) is 67.0 Å². The van der Waals surface area contributed by atoms with Crippen molar-refractivity contribution in [2.75, 3.05) is 12.4 Å². The summed E-state index contributed by atoms with van der Waals surface area (Å²) in [5.74, 6) is -3.03. The number of nitrogens with one attached hydrogen (secondary N) is 2. The van der Waals surface area contributed by atoms with Crippen molar-refractivity contribution in [1.29, 1.82) is 0 Å². The van der Waals surface area contributed by atoms with Crippen LogP contribution in [0.15, 0.2) is 48.5 Å². The summed E-state index contributed by atoms with van der Waals surface area (Å²) in [4.78, 5) is 19.6. The van der Waals surface area contributed by atoms with Crippen LogP contribution < -0.4 is 5.32 Å². The van der Waals surface area contributed by atoms with Gasteiger partial charge < -0.3 is 15.0 Å². The van der Waals surface area contributed by atoms with E-state index in [0.29, 0.717) is 11.5 Å². The van der Waals surface area contributed by atoms with Crippen molar-refractivity contribution in [3.05, 3.63) is 59.7 Å². The number of alkyl halides is 2. The van der Waals surface area contributed by atoms with Crippen molar-refractivity contribution in [2.45, 2.75) is 25.3 Å². The molecule has 1 heterocycles. The summed E-state index contributed by atoms with van der Waals surface area (Å²) in [7, 11) is 1.28. The van der Waals surface area contributed by atoms with Crippen LogP contribution in [0.3, 0.4) is 0 Å². The number of para-hydroxylation sites is 2. The molecular weight excluding hydrogens is 340 g/mol. The Bertz CT molecular complexity index is 885. The first-order chi connectivity index (χ1) is 12.4. The number of aromatic amines is 1. The van der Waals surface area contributed by atoms with E-state index in [9.17, 15) is 13.6 Å². The van der Waals surface area contributed by atoms with Crippen molar-refractivity contribution < 1.29 is 18.3 Å². The molecule has 2 N–H and O–H groups in total. The number of hydrogen-bond donors (Lipinski definition) is 2. The maximum absolute atomic E-state index is 13.5. The Morgan fingerprint density at radius 2 is 2.04 bits per heavy atom. The first-order valence-electron chi connectivity index (χ1n) is 8.13. The number of nitrogens with zero attached hydrogens (tertiary/aromatic N) is 1. The Kier molecular flexibility index (Phi) is 4.88. The van der Waals surface area contributed by atoms with Crippen molar-refractivity contribution >= 4 is 23.0 Å². The maximum atomic E-state index is 13.5. The summed E-state index contributed by atoms with van der Waals surface area (Å²) in [5.41, 5.74) is 2.09. The van der Waals surface area contributed by atoms with E-state index < -0.39 is 17.9 Å². The third-order valence-electron chi connectivity index (χ3n) is 4.06. The fourth-order valence-electron chi connectivity index (χ4n) is 2.73. The van der Waals surface area contributed by atoms with Gasteiger partial charge in [0.25, 0.3) is 5.92 Å². The second-order valence-corrected chi connectivity index (χ2v) is 6.12. The minimum absolute atomic E-state index is 0.0950. The van der Waals surface area contributed by atoms with Crippen LogP contribution in [0.25, 0.3) is 11.0 Å². The number of halogens is 2. The largest absolute Gasteiger partial charge is 0.467 e. The average molecular weight is 359 g/mol. The number of aromatic nitrogens is 2. The highest BCUT2D eigenvalue weighted by Crippen LogP contribution is 2.27. The van der Waals surface area contributed by atoms with Crippen LogP contribution in [0.5, 0.6) is 0 Å². The number of fused-ring (bicyclic) bond motifs is 1. The number of imidazole rings is 1. The van der Waals surface area contributed by atoms with Crippen LogP contribution in [-0.2, 0) is 21.9 Å². The standard InChI is InChI=1S/C19H19F2N3O2/c1-19(20,21)13-7-5-6-12(10-13)11-16(17(25)26-2)24-18-22-14-8-3-4-9-15(14)23-18/h3-10,16H,11H2,1-2H3,(H2,22,23,24). The van der Waals surface area contributed by atoms with Gasteiger partial charge in [0.2, 0.25) is 5.95 Å². The molecule has 0 aliphatic rings. The van der Waals surface area contributed by atoms with Gasteiger partial charge in [0.15, 0.2) is 0 Å². The first kappa shape index (κ1) is 17.8. The number of esters is 1. The lowest BCUT2D eigenvalue weighted by molar-refractivity contribution is -0.141. The monoisotopic (exact) mass is 359 g/mol. The first-order valence-corrected chi connectivity index (χ1v) is 8.13. The lowest BCUT2D eigenvalue weighted by Crippen LogP contribution is -2.33. The fraction of sp³-hybridized carbons (Fsp3) is 0.263. The number of rotatable bonds is 6. The summed E-state index contributed by atoms with van der Waals surface area (Å²) in [6, 6.07) is 12.7. The van der Waals surface area contributed by atoms with Crippen molar-refractivity contribution in [3.8, 4) is 0 Å². The molecule has 1 unspecified atom stereocenters. The van der Waals surface area contributed by atoms with E-state index in [1.165, 1.54) is 19.2 Å². The Labute approximate surface area is 149 Å². The number of anilines is 1. The molecule has 26 heavy (non-hydrogen) atoms. The number of methoxy groups -OCH3 is 1. The van der Waals surface area contributed by atoms with E-state index in [0.717, 1.165) is 18.0 Å². The molecule has 0 amide bonds. The predicted molar refractivity (Wildman–Crippen MR) is 95.2 cm³/mol. The molecule has 136 valence electrons. The smallest absolute Gasteiger partial charge is 0.328 e. The molecule has 3 rings (SSSR count). The highest BCUT2D eigenvalue weighted by molar-refractivity contribution is 5.81. The molecule has 0 radical (unpaired) electrons. The number of hydrogen-bond acceptors (Lipinski definition) is 4. The molecule has 0 saturated heterocycles. The Balaban J connectivity index is 1.83. The zero-order valence-corrected chi connectivity index (χ0v) is 14.4. The SMILES string of the molecule is COC(=O)C(Cc1cccc(C(C)(F)F)c1)Nc1nc2ccccc2[nH]1. The zero-order valence-electron chi connectivity index (χ0n) is 14.4. The summed E-state index contributed by atoms with van der Waals surface area (Å²) >= 11 is 0. The second-order valence-electron chi connectivity index (χ2n) is 6.12. The van der Waals surface area contributed by atoms with E-state index in [1.807, 2.05) is 24.3 Å². The number of carbonyl (C=O) groups is 1. The lowest BCUT2D eigenvalue weighted by Gasteiger charge is -2.17. The summed E-state index contributed by atoms with van der Waals surface area (Å²) in [5, 5.41) is 3.00. The third kappa shape index (κ3) is 3.99. The normalized spacial score (nSPS) is 12.8. The van der Waals surface area contributed by atoms with Gasteiger partial charge >= 0.3 is 5.97 Å². The molecule has 1 aromatic heterocycles. The summed E-state index contributed by atoms with van der Waals surface area (Å²) in [6.45, 7) is 0.844. The molecule has 2 aromatic carbocycles. The van der Waals surface area contributed by atoms with Gasteiger partial charge in [-0.2, -0.15) is 0 Å². The molecule has 0 spiro atoms. The molecule has 7 heteroatoms. The minimum Gasteiger partial charge on any atom is -0.467 e. The number of H-pyrrole nitrogens is 1. The van der Waals surface area contributed by atoms with Crippen molar-refractivity contribution in [3.63, 3.8) is 0 Å². The van der Waals surface area contributed by atoms with Gasteiger partial charge in [-0.1, -0.05) is 30.3 Å². The quantitative estimate of drug-likeness (QED) is 0.656. The van der Waals surface area contributed by atoms with E-state index in [1.54, 1.807) is 12.1 Å². The van der Waals surface area contributed by atoms with E-state index >= 15 is 0 Å².